The summed E-state index contributed by atoms with van der Waals surface area (Å²) >= 11 is 0. The number of unbranched alkanes of at least 4 members (excludes halogenated alkanes) is 6. The molecule has 2 heteroatoms. The lowest BCUT2D eigenvalue weighted by molar-refractivity contribution is 0.106. The van der Waals surface area contributed by atoms with Gasteiger partial charge in [0.2, 0.25) is 0 Å². The van der Waals surface area contributed by atoms with E-state index in [0.717, 1.165) is 0 Å². The molecule has 0 saturated carbocycles. The van der Waals surface area contributed by atoms with E-state index in [1.807, 2.05) is 0 Å². The van der Waals surface area contributed by atoms with Crippen LogP contribution in [0.1, 0.15) is 78.1 Å². The van der Waals surface area contributed by atoms with E-state index in [2.05, 4.69) is 26.2 Å². The Hall–Kier alpha value is -0.0800. The molecule has 2 nitrogen and oxygen atoms in total. The van der Waals surface area contributed by atoms with Gasteiger partial charge in [0.25, 0.3) is 0 Å². The summed E-state index contributed by atoms with van der Waals surface area (Å²) in [6.07, 6.45) is 13.9. The molecule has 2 atom stereocenters. The van der Waals surface area contributed by atoms with Gasteiger partial charge in [0.05, 0.1) is 6.10 Å². The van der Waals surface area contributed by atoms with Gasteiger partial charge in [0.1, 0.15) is 0 Å². The summed E-state index contributed by atoms with van der Waals surface area (Å²) in [5, 5.41) is 3.44. The van der Waals surface area contributed by atoms with Gasteiger partial charge < -0.3 is 10.1 Å². The maximum Gasteiger partial charge on any atom is 0.0543 e. The predicted octanol–water partition coefficient (Wildman–Crippen LogP) is 4.53. The highest BCUT2D eigenvalue weighted by Gasteiger charge is 2.08. The minimum absolute atomic E-state index is 0.398. The van der Waals surface area contributed by atoms with Gasteiger partial charge in [0, 0.05) is 13.2 Å². The molecule has 0 saturated heterocycles. The van der Waals surface area contributed by atoms with Crippen molar-refractivity contribution in [3.8, 4) is 0 Å². The Labute approximate surface area is 115 Å². The van der Waals surface area contributed by atoms with E-state index in [9.17, 15) is 0 Å². The lowest BCUT2D eigenvalue weighted by Crippen LogP contribution is -2.26. The molecule has 2 unspecified atom stereocenters. The number of nitrogens with one attached hydrogen (secondary N) is 1. The highest BCUT2D eigenvalue weighted by Crippen LogP contribution is 2.13. The first kappa shape index (κ1) is 17.9. The van der Waals surface area contributed by atoms with Crippen LogP contribution in [0, 0.1) is 0 Å². The molecular formula is C16H35NO. The van der Waals surface area contributed by atoms with Crippen molar-refractivity contribution in [2.75, 3.05) is 14.2 Å². The minimum Gasteiger partial charge on any atom is -0.382 e. The van der Waals surface area contributed by atoms with Crippen molar-refractivity contribution in [2.24, 2.45) is 0 Å². The zero-order valence-corrected chi connectivity index (χ0v) is 13.1. The number of ether oxygens (including phenoxy) is 1. The van der Waals surface area contributed by atoms with Gasteiger partial charge in [-0.25, -0.2) is 0 Å². The largest absolute Gasteiger partial charge is 0.382 e. The minimum atomic E-state index is 0.398. The summed E-state index contributed by atoms with van der Waals surface area (Å²) in [5.41, 5.74) is 0. The second-order valence-electron chi connectivity index (χ2n) is 5.52. The maximum absolute atomic E-state index is 5.30. The average molecular weight is 257 g/mol. The second kappa shape index (κ2) is 13.4. The maximum atomic E-state index is 5.30. The summed E-state index contributed by atoms with van der Waals surface area (Å²) in [5.74, 6) is 0. The van der Waals surface area contributed by atoms with Crippen LogP contribution in [-0.4, -0.2) is 26.3 Å². The highest BCUT2D eigenvalue weighted by atomic mass is 16.5. The van der Waals surface area contributed by atoms with Crippen molar-refractivity contribution < 1.29 is 4.74 Å². The molecule has 0 aliphatic carbocycles. The Balaban J connectivity index is 3.38. The molecule has 0 amide bonds. The van der Waals surface area contributed by atoms with Crippen LogP contribution in [0.15, 0.2) is 0 Å². The summed E-state index contributed by atoms with van der Waals surface area (Å²) in [6.45, 7) is 4.43. The van der Waals surface area contributed by atoms with Crippen molar-refractivity contribution in [2.45, 2.75) is 90.2 Å². The average Bonchev–Trinajstić information content (AvgIpc) is 2.40. The molecule has 0 radical (unpaired) electrons. The molecule has 0 aromatic heterocycles. The third-order valence-electron chi connectivity index (χ3n) is 3.89. The van der Waals surface area contributed by atoms with Crippen LogP contribution in [0.5, 0.6) is 0 Å². The fourth-order valence-electron chi connectivity index (χ4n) is 2.33. The topological polar surface area (TPSA) is 21.3 Å². The molecule has 0 bridgehead atoms. The molecule has 1 N–H and O–H groups in total. The van der Waals surface area contributed by atoms with Crippen molar-refractivity contribution >= 4 is 0 Å². The molecule has 0 fully saturated rings. The lowest BCUT2D eigenvalue weighted by atomic mass is 10.0. The molecule has 0 rings (SSSR count). The lowest BCUT2D eigenvalue weighted by Gasteiger charge is -2.18. The van der Waals surface area contributed by atoms with Crippen molar-refractivity contribution in [1.29, 1.82) is 0 Å². The Morgan fingerprint density at radius 3 is 2.06 bits per heavy atom. The molecule has 0 aromatic rings. The standard InChI is InChI=1S/C16H35NO/c1-5-6-7-8-9-10-11-12-16(17-3)14-13-15(2)18-4/h15-17H,5-14H2,1-4H3. The predicted molar refractivity (Wildman–Crippen MR) is 81.2 cm³/mol. The monoisotopic (exact) mass is 257 g/mol. The zero-order valence-electron chi connectivity index (χ0n) is 13.1. The fourth-order valence-corrected chi connectivity index (χ4v) is 2.33. The summed E-state index contributed by atoms with van der Waals surface area (Å²) in [7, 11) is 3.89. The van der Waals surface area contributed by atoms with E-state index >= 15 is 0 Å². The van der Waals surface area contributed by atoms with Gasteiger partial charge in [0.15, 0.2) is 0 Å². The quantitative estimate of drug-likeness (QED) is 0.489. The SMILES string of the molecule is CCCCCCCCCC(CCC(C)OC)NC. The van der Waals surface area contributed by atoms with Gasteiger partial charge in [-0.1, -0.05) is 51.9 Å². The zero-order chi connectivity index (χ0) is 13.6. The van der Waals surface area contributed by atoms with E-state index in [4.69, 9.17) is 4.74 Å². The van der Waals surface area contributed by atoms with Crippen LogP contribution in [0.25, 0.3) is 0 Å². The first-order chi connectivity index (χ1) is 8.74. The second-order valence-corrected chi connectivity index (χ2v) is 5.52. The molecule has 0 spiro atoms. The summed E-state index contributed by atoms with van der Waals surface area (Å²) < 4.78 is 5.30. The molecule has 0 aliphatic rings. The fraction of sp³-hybridized carbons (Fsp3) is 1.00. The number of hydrogen-bond acceptors (Lipinski definition) is 2. The van der Waals surface area contributed by atoms with Crippen LogP contribution in [-0.2, 0) is 4.74 Å². The molecule has 0 aliphatic heterocycles. The molecule has 110 valence electrons. The van der Waals surface area contributed by atoms with Crippen LogP contribution < -0.4 is 5.32 Å². The Morgan fingerprint density at radius 2 is 1.50 bits per heavy atom. The molecule has 0 aromatic carbocycles. The third-order valence-corrected chi connectivity index (χ3v) is 3.89. The Kier molecular flexibility index (Phi) is 13.3. The molecule has 18 heavy (non-hydrogen) atoms. The van der Waals surface area contributed by atoms with Gasteiger partial charge >= 0.3 is 0 Å². The Bertz CT molecular complexity index is 161. The summed E-state index contributed by atoms with van der Waals surface area (Å²) in [6, 6.07) is 0.679. The summed E-state index contributed by atoms with van der Waals surface area (Å²) in [4.78, 5) is 0. The van der Waals surface area contributed by atoms with Crippen molar-refractivity contribution in [3.63, 3.8) is 0 Å². The van der Waals surface area contributed by atoms with Crippen LogP contribution in [0.3, 0.4) is 0 Å². The normalized spacial score (nSPS) is 14.7. The highest BCUT2D eigenvalue weighted by molar-refractivity contribution is 4.66. The smallest absolute Gasteiger partial charge is 0.0543 e. The first-order valence-electron chi connectivity index (χ1n) is 7.94. The number of rotatable bonds is 13. The van der Waals surface area contributed by atoms with Gasteiger partial charge in [-0.3, -0.25) is 0 Å². The van der Waals surface area contributed by atoms with Crippen molar-refractivity contribution in [1.82, 2.24) is 5.32 Å². The number of hydrogen-bond donors (Lipinski definition) is 1. The third kappa shape index (κ3) is 11.0. The number of methoxy groups -OCH3 is 1. The first-order valence-corrected chi connectivity index (χ1v) is 7.94. The van der Waals surface area contributed by atoms with Crippen LogP contribution in [0.4, 0.5) is 0 Å². The van der Waals surface area contributed by atoms with Gasteiger partial charge in [-0.15, -0.1) is 0 Å². The van der Waals surface area contributed by atoms with Crippen molar-refractivity contribution in [3.05, 3.63) is 0 Å². The van der Waals surface area contributed by atoms with E-state index in [-0.39, 0.29) is 0 Å². The van der Waals surface area contributed by atoms with Crippen LogP contribution in [0.2, 0.25) is 0 Å². The van der Waals surface area contributed by atoms with Gasteiger partial charge in [-0.2, -0.15) is 0 Å². The Morgan fingerprint density at radius 1 is 0.889 bits per heavy atom. The van der Waals surface area contributed by atoms with E-state index < -0.39 is 0 Å². The molecule has 0 heterocycles. The van der Waals surface area contributed by atoms with E-state index in [1.165, 1.54) is 64.2 Å². The molecular weight excluding hydrogens is 222 g/mol. The van der Waals surface area contributed by atoms with Crippen LogP contribution >= 0.6 is 0 Å². The van der Waals surface area contributed by atoms with E-state index in [0.29, 0.717) is 12.1 Å². The van der Waals surface area contributed by atoms with E-state index in [1.54, 1.807) is 7.11 Å². The van der Waals surface area contributed by atoms with Gasteiger partial charge in [-0.05, 0) is 33.2 Å².